The predicted octanol–water partition coefficient (Wildman–Crippen LogP) is 3.76. The Morgan fingerprint density at radius 3 is 2.67 bits per heavy atom. The van der Waals surface area contributed by atoms with E-state index >= 15 is 0 Å². The Labute approximate surface area is 141 Å². The number of ether oxygens (including phenoxy) is 1. The number of hydrogen-bond donors (Lipinski definition) is 1. The summed E-state index contributed by atoms with van der Waals surface area (Å²) in [5.74, 6) is 0.807. The van der Waals surface area contributed by atoms with Gasteiger partial charge in [0.1, 0.15) is 5.75 Å². The molecular weight excluding hydrogens is 398 g/mol. The van der Waals surface area contributed by atoms with Gasteiger partial charge in [0.2, 0.25) is 0 Å². The molecule has 0 spiro atoms. The Morgan fingerprint density at radius 1 is 1.38 bits per heavy atom. The number of halogens is 2. The average molecular weight is 417 g/mol. The van der Waals surface area contributed by atoms with Crippen molar-refractivity contribution in [3.8, 4) is 5.75 Å². The van der Waals surface area contributed by atoms with Crippen LogP contribution >= 0.6 is 31.9 Å². The maximum Gasteiger partial charge on any atom is 0.119 e. The first kappa shape index (κ1) is 16.5. The number of nitrogens with two attached hydrogens (primary N) is 1. The van der Waals surface area contributed by atoms with Crippen LogP contribution in [0.5, 0.6) is 5.75 Å². The molecule has 114 valence electrons. The predicted molar refractivity (Wildman–Crippen MR) is 91.6 cm³/mol. The van der Waals surface area contributed by atoms with E-state index in [1.807, 2.05) is 29.9 Å². The van der Waals surface area contributed by atoms with Gasteiger partial charge in [0.25, 0.3) is 0 Å². The van der Waals surface area contributed by atoms with Gasteiger partial charge in [-0.1, -0.05) is 22.9 Å². The van der Waals surface area contributed by atoms with Crippen molar-refractivity contribution in [1.82, 2.24) is 9.78 Å². The van der Waals surface area contributed by atoms with Crippen molar-refractivity contribution in [2.75, 3.05) is 7.11 Å². The lowest BCUT2D eigenvalue weighted by molar-refractivity contribution is 0.413. The molecule has 0 fully saturated rings. The highest BCUT2D eigenvalue weighted by atomic mass is 79.9. The van der Waals surface area contributed by atoms with E-state index in [4.69, 9.17) is 10.5 Å². The van der Waals surface area contributed by atoms with Crippen LogP contribution in [0.25, 0.3) is 0 Å². The molecule has 0 radical (unpaired) electrons. The molecule has 21 heavy (non-hydrogen) atoms. The van der Waals surface area contributed by atoms with Crippen LogP contribution in [0, 0.1) is 0 Å². The molecule has 2 N–H and O–H groups in total. The van der Waals surface area contributed by atoms with E-state index in [0.29, 0.717) is 6.42 Å². The summed E-state index contributed by atoms with van der Waals surface area (Å²) in [5, 5.41) is 4.51. The van der Waals surface area contributed by atoms with Crippen molar-refractivity contribution in [2.45, 2.75) is 25.8 Å². The number of benzene rings is 1. The summed E-state index contributed by atoms with van der Waals surface area (Å²) in [6.07, 6.45) is 1.60. The summed E-state index contributed by atoms with van der Waals surface area (Å²) < 4.78 is 9.22. The number of rotatable bonds is 5. The van der Waals surface area contributed by atoms with E-state index in [9.17, 15) is 0 Å². The van der Waals surface area contributed by atoms with Gasteiger partial charge in [0.15, 0.2) is 0 Å². The molecule has 1 aromatic heterocycles. The zero-order valence-corrected chi connectivity index (χ0v) is 15.5. The highest BCUT2D eigenvalue weighted by Gasteiger charge is 2.18. The third kappa shape index (κ3) is 3.49. The molecule has 1 aromatic carbocycles. The van der Waals surface area contributed by atoms with E-state index in [0.717, 1.165) is 38.1 Å². The monoisotopic (exact) mass is 415 g/mol. The topological polar surface area (TPSA) is 53.1 Å². The maximum absolute atomic E-state index is 6.39. The van der Waals surface area contributed by atoms with Gasteiger partial charge in [-0.05, 0) is 46.1 Å². The normalized spacial score (nSPS) is 12.5. The number of nitrogens with zero attached hydrogens (tertiary/aromatic N) is 2. The zero-order chi connectivity index (χ0) is 15.6. The molecule has 0 aliphatic rings. The molecule has 1 heterocycles. The average Bonchev–Trinajstić information content (AvgIpc) is 2.75. The highest BCUT2D eigenvalue weighted by molar-refractivity contribution is 9.10. The quantitative estimate of drug-likeness (QED) is 0.807. The Balaban J connectivity index is 2.30. The lowest BCUT2D eigenvalue weighted by Gasteiger charge is -2.15. The van der Waals surface area contributed by atoms with Gasteiger partial charge in [0, 0.05) is 24.0 Å². The summed E-state index contributed by atoms with van der Waals surface area (Å²) in [6, 6.07) is 5.71. The van der Waals surface area contributed by atoms with Crippen molar-refractivity contribution in [2.24, 2.45) is 12.8 Å². The summed E-state index contributed by atoms with van der Waals surface area (Å²) in [5.41, 5.74) is 9.59. The Hall–Kier alpha value is -0.850. The fourth-order valence-electron chi connectivity index (χ4n) is 2.29. The number of aromatic nitrogens is 2. The largest absolute Gasteiger partial charge is 0.497 e. The Morgan fingerprint density at radius 2 is 2.10 bits per heavy atom. The molecule has 0 amide bonds. The molecule has 1 unspecified atom stereocenters. The molecule has 4 nitrogen and oxygen atoms in total. The van der Waals surface area contributed by atoms with Gasteiger partial charge >= 0.3 is 0 Å². The molecule has 0 aliphatic heterocycles. The lowest BCUT2D eigenvalue weighted by Crippen LogP contribution is -2.16. The molecule has 2 rings (SSSR count). The van der Waals surface area contributed by atoms with Crippen molar-refractivity contribution < 1.29 is 4.74 Å². The molecule has 0 saturated heterocycles. The Bertz CT molecular complexity index is 640. The van der Waals surface area contributed by atoms with E-state index in [2.05, 4.69) is 43.9 Å². The molecule has 0 saturated carbocycles. The van der Waals surface area contributed by atoms with Crippen molar-refractivity contribution in [3.05, 3.63) is 44.1 Å². The second kappa shape index (κ2) is 6.94. The molecule has 0 aliphatic carbocycles. The van der Waals surface area contributed by atoms with Gasteiger partial charge in [-0.2, -0.15) is 5.10 Å². The minimum absolute atomic E-state index is 0.133. The summed E-state index contributed by atoms with van der Waals surface area (Å²) >= 11 is 7.19. The molecule has 0 bridgehead atoms. The van der Waals surface area contributed by atoms with Crippen LogP contribution in [0.15, 0.2) is 27.1 Å². The highest BCUT2D eigenvalue weighted by Crippen LogP contribution is 2.31. The van der Waals surface area contributed by atoms with Crippen LogP contribution in [0.3, 0.4) is 0 Å². The van der Waals surface area contributed by atoms with E-state index in [-0.39, 0.29) is 6.04 Å². The summed E-state index contributed by atoms with van der Waals surface area (Å²) in [7, 11) is 3.61. The van der Waals surface area contributed by atoms with Crippen LogP contribution in [-0.2, 0) is 19.9 Å². The minimum atomic E-state index is -0.133. The molecular formula is C15H19Br2N3O. The Kier molecular flexibility index (Phi) is 5.46. The third-order valence-corrected chi connectivity index (χ3v) is 5.16. The van der Waals surface area contributed by atoms with E-state index < -0.39 is 0 Å². The lowest BCUT2D eigenvalue weighted by atomic mass is 10.0. The van der Waals surface area contributed by atoms with Crippen LogP contribution in [-0.4, -0.2) is 16.9 Å². The SMILES string of the molecule is CCc1nn(C)c(CC(N)c2cc(OC)ccc2Br)c1Br. The first-order valence-corrected chi connectivity index (χ1v) is 8.35. The second-order valence-electron chi connectivity index (χ2n) is 4.88. The van der Waals surface area contributed by atoms with Crippen molar-refractivity contribution >= 4 is 31.9 Å². The number of hydrogen-bond acceptors (Lipinski definition) is 3. The van der Waals surface area contributed by atoms with Crippen LogP contribution < -0.4 is 10.5 Å². The van der Waals surface area contributed by atoms with Gasteiger partial charge < -0.3 is 10.5 Å². The summed E-state index contributed by atoms with van der Waals surface area (Å²) in [6.45, 7) is 2.09. The molecule has 1 atom stereocenters. The smallest absolute Gasteiger partial charge is 0.119 e. The van der Waals surface area contributed by atoms with Crippen LogP contribution in [0.2, 0.25) is 0 Å². The summed E-state index contributed by atoms with van der Waals surface area (Å²) in [4.78, 5) is 0. The fraction of sp³-hybridized carbons (Fsp3) is 0.400. The van der Waals surface area contributed by atoms with Gasteiger partial charge in [-0.15, -0.1) is 0 Å². The molecule has 6 heteroatoms. The second-order valence-corrected chi connectivity index (χ2v) is 6.53. The van der Waals surface area contributed by atoms with Gasteiger partial charge in [-0.25, -0.2) is 0 Å². The maximum atomic E-state index is 6.39. The van der Waals surface area contributed by atoms with Crippen LogP contribution in [0.1, 0.15) is 29.9 Å². The number of methoxy groups -OCH3 is 1. The van der Waals surface area contributed by atoms with Crippen molar-refractivity contribution in [3.63, 3.8) is 0 Å². The number of aryl methyl sites for hydroxylation is 2. The van der Waals surface area contributed by atoms with Gasteiger partial charge in [-0.3, -0.25) is 4.68 Å². The van der Waals surface area contributed by atoms with E-state index in [1.54, 1.807) is 7.11 Å². The van der Waals surface area contributed by atoms with Crippen molar-refractivity contribution in [1.29, 1.82) is 0 Å². The minimum Gasteiger partial charge on any atom is -0.497 e. The van der Waals surface area contributed by atoms with Gasteiger partial charge in [0.05, 0.1) is 23.0 Å². The molecule has 2 aromatic rings. The zero-order valence-electron chi connectivity index (χ0n) is 12.4. The van der Waals surface area contributed by atoms with E-state index in [1.165, 1.54) is 0 Å². The van der Waals surface area contributed by atoms with Crippen LogP contribution in [0.4, 0.5) is 0 Å². The standard InChI is InChI=1S/C15H19Br2N3O/c1-4-13-15(17)14(20(2)19-13)8-12(18)10-7-9(21-3)5-6-11(10)16/h5-7,12H,4,8,18H2,1-3H3. The first-order valence-electron chi connectivity index (χ1n) is 6.77. The first-order chi connectivity index (χ1) is 9.97. The third-order valence-electron chi connectivity index (χ3n) is 3.52. The fourth-order valence-corrected chi connectivity index (χ4v) is 3.61.